The highest BCUT2D eigenvalue weighted by molar-refractivity contribution is 9.10. The molecule has 2 rings (SSSR count). The number of carbonyl (C=O) groups is 1. The zero-order chi connectivity index (χ0) is 16.7. The Morgan fingerprint density at radius 2 is 1.82 bits per heavy atom. The van der Waals surface area contributed by atoms with Crippen molar-refractivity contribution in [3.8, 4) is 0 Å². The molecule has 0 N–H and O–H groups in total. The van der Waals surface area contributed by atoms with Crippen LogP contribution in [0.4, 0.5) is 13.2 Å². The minimum atomic E-state index is -4.55. The van der Waals surface area contributed by atoms with Crippen LogP contribution in [0.15, 0.2) is 4.47 Å². The molecule has 1 amide bonds. The Hall–Kier alpha value is -1.09. The van der Waals surface area contributed by atoms with Gasteiger partial charge >= 0.3 is 6.18 Å². The van der Waals surface area contributed by atoms with E-state index in [1.165, 1.54) is 6.92 Å². The van der Waals surface area contributed by atoms with Gasteiger partial charge in [-0.15, -0.1) is 0 Å². The number of carbonyl (C=O) groups excluding carboxylic acids is 1. The number of hydrogen-bond acceptors (Lipinski definition) is 3. The lowest BCUT2D eigenvalue weighted by atomic mass is 10.2. The zero-order valence-corrected chi connectivity index (χ0v) is 14.2. The molecule has 1 aliphatic heterocycles. The second kappa shape index (κ2) is 6.19. The maximum absolute atomic E-state index is 12.9. The Kier molecular flexibility index (Phi) is 4.86. The topological polar surface area (TPSA) is 41.4 Å². The molecule has 5 nitrogen and oxygen atoms in total. The lowest BCUT2D eigenvalue weighted by Gasteiger charge is -2.34. The molecule has 0 aliphatic carbocycles. The number of piperazine rings is 1. The first-order valence-corrected chi connectivity index (χ1v) is 7.71. The Labute approximate surface area is 135 Å². The third-order valence-electron chi connectivity index (χ3n) is 3.88. The number of likely N-dealkylation sites (N-methyl/N-ethyl adjacent to an activating group) is 1. The number of aromatic nitrogens is 2. The van der Waals surface area contributed by atoms with E-state index in [-0.39, 0.29) is 10.4 Å². The zero-order valence-electron chi connectivity index (χ0n) is 12.6. The first-order chi connectivity index (χ1) is 10.1. The Morgan fingerprint density at radius 1 is 1.27 bits per heavy atom. The van der Waals surface area contributed by atoms with Gasteiger partial charge in [-0.3, -0.25) is 9.48 Å². The van der Waals surface area contributed by atoms with Crippen LogP contribution >= 0.6 is 15.9 Å². The molecule has 2 heterocycles. The van der Waals surface area contributed by atoms with Crippen molar-refractivity contribution in [2.45, 2.75) is 26.1 Å². The van der Waals surface area contributed by atoms with E-state index < -0.39 is 17.9 Å². The van der Waals surface area contributed by atoms with Gasteiger partial charge in [0.25, 0.3) is 0 Å². The summed E-state index contributed by atoms with van der Waals surface area (Å²) in [6.07, 6.45) is -4.55. The van der Waals surface area contributed by atoms with Crippen molar-refractivity contribution >= 4 is 21.8 Å². The lowest BCUT2D eigenvalue weighted by molar-refractivity contribution is -0.143. The molecule has 9 heteroatoms. The summed E-state index contributed by atoms with van der Waals surface area (Å²) in [5, 5.41) is 3.60. The highest BCUT2D eigenvalue weighted by Gasteiger charge is 2.39. The molecular weight excluding hydrogens is 365 g/mol. The molecule has 1 atom stereocenters. The van der Waals surface area contributed by atoms with Crippen LogP contribution in [0.25, 0.3) is 0 Å². The normalized spacial score (nSPS) is 18.6. The number of halogens is 4. The van der Waals surface area contributed by atoms with Crippen molar-refractivity contribution in [1.29, 1.82) is 0 Å². The molecule has 0 bridgehead atoms. The van der Waals surface area contributed by atoms with Crippen molar-refractivity contribution in [1.82, 2.24) is 19.6 Å². The molecule has 124 valence electrons. The molecule has 1 aliphatic rings. The first-order valence-electron chi connectivity index (χ1n) is 6.92. The number of amides is 1. The van der Waals surface area contributed by atoms with Crippen molar-refractivity contribution in [3.05, 3.63) is 15.9 Å². The van der Waals surface area contributed by atoms with E-state index in [1.807, 2.05) is 7.05 Å². The maximum atomic E-state index is 12.9. The quantitative estimate of drug-likeness (QED) is 0.787. The van der Waals surface area contributed by atoms with Crippen molar-refractivity contribution in [3.63, 3.8) is 0 Å². The van der Waals surface area contributed by atoms with Crippen LogP contribution in [0.5, 0.6) is 0 Å². The van der Waals surface area contributed by atoms with Gasteiger partial charge in [0.1, 0.15) is 6.04 Å². The Bertz CT molecular complexity index is 564. The fraction of sp³-hybridized carbons (Fsp3) is 0.692. The summed E-state index contributed by atoms with van der Waals surface area (Å²) in [5.74, 6) is -0.208. The molecule has 0 aromatic carbocycles. The van der Waals surface area contributed by atoms with E-state index in [0.29, 0.717) is 18.8 Å². The monoisotopic (exact) mass is 382 g/mol. The van der Waals surface area contributed by atoms with Crippen molar-refractivity contribution < 1.29 is 18.0 Å². The van der Waals surface area contributed by atoms with Crippen LogP contribution in [-0.2, 0) is 11.0 Å². The average molecular weight is 383 g/mol. The Balaban J connectivity index is 2.22. The first kappa shape index (κ1) is 17.3. The van der Waals surface area contributed by atoms with Crippen LogP contribution in [0.1, 0.15) is 24.4 Å². The summed E-state index contributed by atoms with van der Waals surface area (Å²) < 4.78 is 39.7. The molecule has 0 radical (unpaired) electrons. The SMILES string of the molecule is Cc1c(Br)c(C(F)(F)F)nn1C(C)C(=O)N1CCN(C)CC1. The van der Waals surface area contributed by atoms with Crippen LogP contribution < -0.4 is 0 Å². The molecule has 1 fully saturated rings. The van der Waals surface area contributed by atoms with E-state index in [9.17, 15) is 18.0 Å². The molecule has 0 spiro atoms. The van der Waals surface area contributed by atoms with Crippen LogP contribution in [0.3, 0.4) is 0 Å². The molecule has 1 aromatic heterocycles. The summed E-state index contributed by atoms with van der Waals surface area (Å²) in [7, 11) is 1.97. The second-order valence-corrected chi connectivity index (χ2v) is 6.29. The van der Waals surface area contributed by atoms with Gasteiger partial charge in [-0.1, -0.05) is 0 Å². The lowest BCUT2D eigenvalue weighted by Crippen LogP contribution is -2.49. The van der Waals surface area contributed by atoms with Gasteiger partial charge in [0, 0.05) is 26.2 Å². The minimum absolute atomic E-state index is 0.113. The summed E-state index contributed by atoms with van der Waals surface area (Å²) in [4.78, 5) is 16.3. The van der Waals surface area contributed by atoms with E-state index in [2.05, 4.69) is 25.9 Å². The van der Waals surface area contributed by atoms with Gasteiger partial charge in [-0.05, 0) is 36.8 Å². The highest BCUT2D eigenvalue weighted by atomic mass is 79.9. The van der Waals surface area contributed by atoms with Gasteiger partial charge in [-0.25, -0.2) is 0 Å². The predicted molar refractivity (Wildman–Crippen MR) is 78.5 cm³/mol. The number of rotatable bonds is 2. The smallest absolute Gasteiger partial charge is 0.338 e. The van der Waals surface area contributed by atoms with Crippen LogP contribution in [-0.4, -0.2) is 58.7 Å². The number of nitrogens with zero attached hydrogens (tertiary/aromatic N) is 4. The minimum Gasteiger partial charge on any atom is -0.338 e. The molecule has 0 saturated carbocycles. The number of alkyl halides is 3. The third-order valence-corrected chi connectivity index (χ3v) is 4.83. The van der Waals surface area contributed by atoms with E-state index in [4.69, 9.17) is 0 Å². The summed E-state index contributed by atoms with van der Waals surface area (Å²) >= 11 is 2.92. The van der Waals surface area contributed by atoms with E-state index in [1.54, 1.807) is 11.8 Å². The van der Waals surface area contributed by atoms with Gasteiger partial charge in [-0.2, -0.15) is 18.3 Å². The summed E-state index contributed by atoms with van der Waals surface area (Å²) in [5.41, 5.74) is -0.703. The third kappa shape index (κ3) is 3.29. The second-order valence-electron chi connectivity index (χ2n) is 5.49. The Morgan fingerprint density at radius 3 is 2.27 bits per heavy atom. The largest absolute Gasteiger partial charge is 0.436 e. The van der Waals surface area contributed by atoms with E-state index >= 15 is 0 Å². The maximum Gasteiger partial charge on any atom is 0.436 e. The van der Waals surface area contributed by atoms with Crippen LogP contribution in [0, 0.1) is 6.92 Å². The molecule has 1 saturated heterocycles. The molecule has 1 aromatic rings. The van der Waals surface area contributed by atoms with Gasteiger partial charge in [0.15, 0.2) is 5.69 Å². The van der Waals surface area contributed by atoms with Gasteiger partial charge < -0.3 is 9.80 Å². The fourth-order valence-corrected chi connectivity index (χ4v) is 2.94. The fourth-order valence-electron chi connectivity index (χ4n) is 2.45. The summed E-state index contributed by atoms with van der Waals surface area (Å²) in [6, 6.07) is -0.768. The van der Waals surface area contributed by atoms with Crippen molar-refractivity contribution in [2.75, 3.05) is 33.2 Å². The predicted octanol–water partition coefficient (Wildman–Crippen LogP) is 2.31. The summed E-state index contributed by atoms with van der Waals surface area (Å²) in [6.45, 7) is 5.76. The average Bonchev–Trinajstić information content (AvgIpc) is 2.74. The highest BCUT2D eigenvalue weighted by Crippen LogP contribution is 2.36. The van der Waals surface area contributed by atoms with Crippen molar-refractivity contribution in [2.24, 2.45) is 0 Å². The molecule has 1 unspecified atom stereocenters. The molecule has 22 heavy (non-hydrogen) atoms. The molecular formula is C13H18BrF3N4O. The van der Waals surface area contributed by atoms with Gasteiger partial charge in [0.2, 0.25) is 5.91 Å². The van der Waals surface area contributed by atoms with Gasteiger partial charge in [0.05, 0.1) is 10.2 Å². The van der Waals surface area contributed by atoms with E-state index in [0.717, 1.165) is 17.8 Å². The standard InChI is InChI=1S/C13H18BrF3N4O/c1-8-10(14)11(13(15,16)17)18-21(8)9(2)12(22)20-6-4-19(3)5-7-20/h9H,4-7H2,1-3H3. The van der Waals surface area contributed by atoms with Crippen LogP contribution in [0.2, 0.25) is 0 Å². The number of hydrogen-bond donors (Lipinski definition) is 0.